The highest BCUT2D eigenvalue weighted by molar-refractivity contribution is 5.79. The summed E-state index contributed by atoms with van der Waals surface area (Å²) < 4.78 is 21.1. The SMILES string of the molecule is Cn1cc(-c2cccc(-c3ncc(-c4ccn(C)n4)c(NCCCN4CCOC4=O)n3)c2)cn1.Cn1cc(-c2cccc(-c3ncc(-c4ccn(C)n4)c(NCCCO)n3)c2)cn1.Cn1cc(-c2cccc(-c3ncc(-c4ccn(C)n4)c(NCCN4CCOCC4)n3)c2)cn1. The van der Waals surface area contributed by atoms with E-state index in [-0.39, 0.29) is 12.7 Å². The van der Waals surface area contributed by atoms with Crippen molar-refractivity contribution in [2.45, 2.75) is 12.8 Å². The Morgan fingerprint density at radius 3 is 1.19 bits per heavy atom. The number of aliphatic hydroxyl groups excluding tert-OH is 1. The summed E-state index contributed by atoms with van der Waals surface area (Å²) in [5, 5.41) is 45.7. The van der Waals surface area contributed by atoms with Gasteiger partial charge in [-0.3, -0.25) is 33.0 Å². The van der Waals surface area contributed by atoms with E-state index in [1.165, 1.54) is 0 Å². The van der Waals surface area contributed by atoms with Crippen LogP contribution in [0.25, 0.3) is 101 Å². The third-order valence-corrected chi connectivity index (χ3v) is 16.0. The van der Waals surface area contributed by atoms with Gasteiger partial charge in [-0.25, -0.2) is 34.7 Å². The van der Waals surface area contributed by atoms with Crippen molar-refractivity contribution in [2.75, 3.05) is 94.7 Å². The predicted molar refractivity (Wildman–Crippen MR) is 368 cm³/mol. The molecule has 3 aromatic carbocycles. The Labute approximate surface area is 555 Å². The van der Waals surface area contributed by atoms with Crippen molar-refractivity contribution in [2.24, 2.45) is 42.3 Å². The average Bonchev–Trinajstić information content (AvgIpc) is 1.44. The van der Waals surface area contributed by atoms with Gasteiger partial charge in [0, 0.05) is 184 Å². The number of anilines is 3. The van der Waals surface area contributed by atoms with Crippen molar-refractivity contribution < 1.29 is 19.4 Å². The minimum Gasteiger partial charge on any atom is -0.448 e. The molecule has 2 aliphatic rings. The number of aromatic nitrogens is 18. The van der Waals surface area contributed by atoms with Gasteiger partial charge in [-0.2, -0.15) is 30.6 Å². The molecule has 27 heteroatoms. The first-order chi connectivity index (χ1) is 46.9. The Morgan fingerprint density at radius 2 is 0.833 bits per heavy atom. The van der Waals surface area contributed by atoms with Gasteiger partial charge in [0.05, 0.1) is 72.1 Å². The van der Waals surface area contributed by atoms with Crippen molar-refractivity contribution in [3.8, 4) is 101 Å². The van der Waals surface area contributed by atoms with Crippen molar-refractivity contribution in [3.05, 3.63) is 165 Å². The number of rotatable bonds is 22. The molecular formula is C69H77N23O4. The molecule has 0 saturated carbocycles. The Hall–Kier alpha value is -11.3. The molecule has 27 nitrogen and oxygen atoms in total. The fourth-order valence-electron chi connectivity index (χ4n) is 11.0. The number of nitrogens with zero attached hydrogens (tertiary/aromatic N) is 20. The first kappa shape index (κ1) is 64.8. The lowest BCUT2D eigenvalue weighted by Crippen LogP contribution is -2.39. The van der Waals surface area contributed by atoms with Crippen LogP contribution in [0.3, 0.4) is 0 Å². The fraction of sp³-hybridized carbons (Fsp3) is 0.290. The lowest BCUT2D eigenvalue weighted by molar-refractivity contribution is 0.0398. The number of morpholine rings is 1. The molecule has 9 aromatic heterocycles. The van der Waals surface area contributed by atoms with E-state index in [0.717, 1.165) is 135 Å². The Bertz CT molecular complexity index is 4560. The largest absolute Gasteiger partial charge is 0.448 e. The van der Waals surface area contributed by atoms with Crippen molar-refractivity contribution in [3.63, 3.8) is 0 Å². The molecule has 96 heavy (non-hydrogen) atoms. The summed E-state index contributed by atoms with van der Waals surface area (Å²) in [6.07, 6.45) is 23.8. The number of cyclic esters (lactones) is 1. The molecular weight excluding hydrogens is 1210 g/mol. The summed E-state index contributed by atoms with van der Waals surface area (Å²) in [4.78, 5) is 44.2. The molecule has 0 atom stereocenters. The van der Waals surface area contributed by atoms with E-state index >= 15 is 0 Å². The summed E-state index contributed by atoms with van der Waals surface area (Å²) in [6, 6.07) is 30.3. The van der Waals surface area contributed by atoms with E-state index < -0.39 is 0 Å². The number of aliphatic hydroxyl groups is 1. The maximum atomic E-state index is 11.7. The second-order valence-electron chi connectivity index (χ2n) is 23.2. The maximum Gasteiger partial charge on any atom is 0.409 e. The molecule has 0 unspecified atom stereocenters. The van der Waals surface area contributed by atoms with Crippen molar-refractivity contribution in [1.29, 1.82) is 0 Å². The van der Waals surface area contributed by atoms with Gasteiger partial charge in [-0.15, -0.1) is 0 Å². The van der Waals surface area contributed by atoms with Crippen LogP contribution in [0.2, 0.25) is 0 Å². The highest BCUT2D eigenvalue weighted by Gasteiger charge is 2.22. The number of benzene rings is 3. The first-order valence-corrected chi connectivity index (χ1v) is 31.8. The molecule has 0 radical (unpaired) electrons. The molecule has 0 spiro atoms. The molecule has 12 aromatic rings. The lowest BCUT2D eigenvalue weighted by atomic mass is 10.1. The number of carbonyl (C=O) groups is 1. The van der Waals surface area contributed by atoms with Gasteiger partial charge in [0.25, 0.3) is 0 Å². The van der Waals surface area contributed by atoms with Crippen LogP contribution in [-0.4, -0.2) is 188 Å². The standard InChI is InChI=1S/C24H26N8O2.C24H28N8O.C21H23N7O/c1-30-10-7-21(29-30)20-15-26-22(18-6-3-5-17(13-18)19-14-27-31(2)16-19)28-23(20)25-8-4-9-32-11-12-34-24(32)33;1-30-8-6-22(29-30)21-16-26-23(28-24(21)25-7-9-32-10-12-33-13-11-32)19-5-3-4-18(14-19)20-15-27-31(2)17-20;1-27-9-7-19(26-27)18-13-23-20(25-21(18)22-8-4-10-29)16-6-3-5-15(11-16)17-12-24-28(2)14-17/h3,5-7,10,13-16H,4,8-9,11-12H2,1-2H3,(H,25,26,28);3-6,8,14-17H,7,9-13H2,1-2H3,(H,25,26,28);3,5-7,9,11-14,29H,4,8,10H2,1-2H3,(H,22,23,25). The molecule has 2 fully saturated rings. The van der Waals surface area contributed by atoms with Crippen LogP contribution in [0.5, 0.6) is 0 Å². The normalized spacial score (nSPS) is 13.0. The summed E-state index contributed by atoms with van der Waals surface area (Å²) in [5.74, 6) is 4.12. The van der Waals surface area contributed by atoms with Crippen LogP contribution < -0.4 is 16.0 Å². The monoisotopic (exact) mass is 1290 g/mol. The molecule has 492 valence electrons. The Morgan fingerprint density at radius 1 is 0.438 bits per heavy atom. The molecule has 14 rings (SSSR count). The Balaban J connectivity index is 0.000000138. The summed E-state index contributed by atoms with van der Waals surface area (Å²) in [7, 11) is 11.4. The van der Waals surface area contributed by atoms with Gasteiger partial charge >= 0.3 is 6.09 Å². The van der Waals surface area contributed by atoms with E-state index in [0.29, 0.717) is 68.3 Å². The summed E-state index contributed by atoms with van der Waals surface area (Å²) >= 11 is 0. The van der Waals surface area contributed by atoms with Gasteiger partial charge in [-0.1, -0.05) is 54.6 Å². The van der Waals surface area contributed by atoms with Gasteiger partial charge in [0.2, 0.25) is 0 Å². The molecule has 2 aliphatic heterocycles. The average molecular weight is 1290 g/mol. The zero-order chi connectivity index (χ0) is 66.3. The fourth-order valence-corrected chi connectivity index (χ4v) is 11.0. The smallest absolute Gasteiger partial charge is 0.409 e. The highest BCUT2D eigenvalue weighted by atomic mass is 16.6. The molecule has 0 bridgehead atoms. The second-order valence-corrected chi connectivity index (χ2v) is 23.2. The van der Waals surface area contributed by atoms with Crippen LogP contribution in [0.4, 0.5) is 22.2 Å². The minimum absolute atomic E-state index is 0.122. The van der Waals surface area contributed by atoms with Crippen molar-refractivity contribution in [1.82, 2.24) is 98.4 Å². The van der Waals surface area contributed by atoms with E-state index in [1.54, 1.807) is 39.2 Å². The van der Waals surface area contributed by atoms with Gasteiger partial charge < -0.3 is 35.4 Å². The lowest BCUT2D eigenvalue weighted by Gasteiger charge is -2.26. The quantitative estimate of drug-likeness (QED) is 0.0462. The molecule has 1 amide bonds. The first-order valence-electron chi connectivity index (χ1n) is 31.8. The maximum absolute atomic E-state index is 11.7. The van der Waals surface area contributed by atoms with Gasteiger partial charge in [-0.05, 0) is 65.9 Å². The number of hydrogen-bond donors (Lipinski definition) is 4. The van der Waals surface area contributed by atoms with Gasteiger partial charge in [0.15, 0.2) is 17.5 Å². The van der Waals surface area contributed by atoms with E-state index in [4.69, 9.17) is 29.5 Å². The molecule has 0 aliphatic carbocycles. The summed E-state index contributed by atoms with van der Waals surface area (Å²) in [5.41, 5.74) is 14.1. The number of carbonyl (C=O) groups excluding carboxylic acids is 1. The minimum atomic E-state index is -0.244. The third-order valence-electron chi connectivity index (χ3n) is 16.0. The predicted octanol–water partition coefficient (Wildman–Crippen LogP) is 8.63. The van der Waals surface area contributed by atoms with Crippen molar-refractivity contribution >= 4 is 23.5 Å². The van der Waals surface area contributed by atoms with E-state index in [1.807, 2.05) is 177 Å². The second kappa shape index (κ2) is 30.6. The van der Waals surface area contributed by atoms with E-state index in [2.05, 4.69) is 90.7 Å². The summed E-state index contributed by atoms with van der Waals surface area (Å²) in [6.45, 7) is 8.36. The number of nitrogens with one attached hydrogen (secondary N) is 3. The number of ether oxygens (including phenoxy) is 2. The number of amides is 1. The zero-order valence-corrected chi connectivity index (χ0v) is 54.6. The zero-order valence-electron chi connectivity index (χ0n) is 54.6. The van der Waals surface area contributed by atoms with Crippen LogP contribution in [0, 0.1) is 0 Å². The van der Waals surface area contributed by atoms with E-state index in [9.17, 15) is 4.79 Å². The van der Waals surface area contributed by atoms with Crippen LogP contribution in [0.1, 0.15) is 12.8 Å². The van der Waals surface area contributed by atoms with Crippen LogP contribution in [-0.2, 0) is 51.8 Å². The van der Waals surface area contributed by atoms with Crippen LogP contribution >= 0.6 is 0 Å². The van der Waals surface area contributed by atoms with Crippen LogP contribution in [0.15, 0.2) is 165 Å². The highest BCUT2D eigenvalue weighted by Crippen LogP contribution is 2.33. The molecule has 11 heterocycles. The molecule has 2 saturated heterocycles. The molecule has 4 N–H and O–H groups in total. The number of hydrogen-bond acceptors (Lipinski definition) is 20. The Kier molecular flexibility index (Phi) is 20.7. The topological polar surface area (TPSA) is 283 Å². The van der Waals surface area contributed by atoms with Gasteiger partial charge in [0.1, 0.15) is 24.1 Å². The number of aryl methyl sites for hydroxylation is 6. The third kappa shape index (κ3) is 16.4.